The van der Waals surface area contributed by atoms with Crippen molar-refractivity contribution < 1.29 is 14.4 Å². The number of aliphatic hydroxyl groups is 1. The Morgan fingerprint density at radius 3 is 2.80 bits per heavy atom. The zero-order valence-electron chi connectivity index (χ0n) is 9.04. The van der Waals surface area contributed by atoms with Crippen molar-refractivity contribution in [3.63, 3.8) is 0 Å². The van der Waals surface area contributed by atoms with Gasteiger partial charge >= 0.3 is 0 Å². The third-order valence-electron chi connectivity index (χ3n) is 2.22. The summed E-state index contributed by atoms with van der Waals surface area (Å²) in [5, 5.41) is 14.9. The molecule has 0 aliphatic rings. The smallest absolute Gasteiger partial charge is 0.220 e. The molecule has 0 aliphatic heterocycles. The molecule has 0 spiro atoms. The number of aromatic nitrogens is 1. The maximum atomic E-state index is 11.2. The SMILES string of the molecule is Cc1noc(C)c1CCC(=O)NCCO. The largest absolute Gasteiger partial charge is 0.395 e. The first-order valence-corrected chi connectivity index (χ1v) is 4.94. The van der Waals surface area contributed by atoms with Crippen molar-refractivity contribution in [3.05, 3.63) is 17.0 Å². The topological polar surface area (TPSA) is 75.4 Å². The minimum absolute atomic E-state index is 0.0307. The van der Waals surface area contributed by atoms with Crippen LogP contribution in [0.5, 0.6) is 0 Å². The van der Waals surface area contributed by atoms with Crippen molar-refractivity contribution in [2.45, 2.75) is 26.7 Å². The molecule has 2 N–H and O–H groups in total. The molecule has 0 saturated heterocycles. The third-order valence-corrected chi connectivity index (χ3v) is 2.22. The Morgan fingerprint density at radius 1 is 1.53 bits per heavy atom. The second kappa shape index (κ2) is 5.50. The highest BCUT2D eigenvalue weighted by atomic mass is 16.5. The number of aliphatic hydroxyl groups excluding tert-OH is 1. The Morgan fingerprint density at radius 2 is 2.27 bits per heavy atom. The lowest BCUT2D eigenvalue weighted by atomic mass is 10.1. The van der Waals surface area contributed by atoms with Crippen LogP contribution in [0.25, 0.3) is 0 Å². The number of nitrogens with one attached hydrogen (secondary N) is 1. The van der Waals surface area contributed by atoms with Gasteiger partial charge in [0.05, 0.1) is 12.3 Å². The molecule has 1 rings (SSSR count). The summed E-state index contributed by atoms with van der Waals surface area (Å²) in [6, 6.07) is 0. The zero-order valence-corrected chi connectivity index (χ0v) is 9.04. The molecular weight excluding hydrogens is 196 g/mol. The Labute approximate surface area is 88.5 Å². The second-order valence-electron chi connectivity index (χ2n) is 3.38. The van der Waals surface area contributed by atoms with Crippen LogP contribution in [0, 0.1) is 13.8 Å². The van der Waals surface area contributed by atoms with Crippen molar-refractivity contribution in [1.82, 2.24) is 10.5 Å². The van der Waals surface area contributed by atoms with Gasteiger partial charge in [-0.2, -0.15) is 0 Å². The van der Waals surface area contributed by atoms with Gasteiger partial charge in [-0.05, 0) is 20.3 Å². The fourth-order valence-corrected chi connectivity index (χ4v) is 1.38. The van der Waals surface area contributed by atoms with Crippen LogP contribution < -0.4 is 5.32 Å². The number of carbonyl (C=O) groups excluding carboxylic acids is 1. The lowest BCUT2D eigenvalue weighted by Gasteiger charge is -2.02. The van der Waals surface area contributed by atoms with Gasteiger partial charge in [0.15, 0.2) is 0 Å². The Balaban J connectivity index is 2.40. The number of rotatable bonds is 5. The van der Waals surface area contributed by atoms with E-state index in [1.54, 1.807) is 0 Å². The molecule has 1 aromatic rings. The first-order valence-electron chi connectivity index (χ1n) is 4.94. The number of carbonyl (C=O) groups is 1. The molecule has 0 fully saturated rings. The normalized spacial score (nSPS) is 10.3. The lowest BCUT2D eigenvalue weighted by molar-refractivity contribution is -0.121. The summed E-state index contributed by atoms with van der Waals surface area (Å²) in [4.78, 5) is 11.2. The number of hydrogen-bond donors (Lipinski definition) is 2. The van der Waals surface area contributed by atoms with Gasteiger partial charge in [0.1, 0.15) is 5.76 Å². The van der Waals surface area contributed by atoms with Crippen LogP contribution in [0.2, 0.25) is 0 Å². The van der Waals surface area contributed by atoms with Gasteiger partial charge in [0.25, 0.3) is 0 Å². The molecule has 1 aromatic heterocycles. The molecule has 5 nitrogen and oxygen atoms in total. The second-order valence-corrected chi connectivity index (χ2v) is 3.38. The number of aryl methyl sites for hydroxylation is 2. The van der Waals surface area contributed by atoms with Gasteiger partial charge in [-0.25, -0.2) is 0 Å². The molecule has 0 atom stereocenters. The molecule has 0 saturated carbocycles. The van der Waals surface area contributed by atoms with Crippen LogP contribution >= 0.6 is 0 Å². The lowest BCUT2D eigenvalue weighted by Crippen LogP contribution is -2.26. The summed E-state index contributed by atoms with van der Waals surface area (Å²) in [6.07, 6.45) is 1.02. The molecule has 5 heteroatoms. The van der Waals surface area contributed by atoms with Gasteiger partial charge in [0, 0.05) is 18.5 Å². The van der Waals surface area contributed by atoms with Crippen molar-refractivity contribution >= 4 is 5.91 Å². The Bertz CT molecular complexity index is 314. The predicted octanol–water partition coefficient (Wildman–Crippen LogP) is 0.333. The van der Waals surface area contributed by atoms with E-state index < -0.39 is 0 Å². The monoisotopic (exact) mass is 212 g/mol. The van der Waals surface area contributed by atoms with E-state index >= 15 is 0 Å². The molecule has 0 radical (unpaired) electrons. The number of amides is 1. The average Bonchev–Trinajstić information content (AvgIpc) is 2.53. The Hall–Kier alpha value is -1.36. The van der Waals surface area contributed by atoms with Gasteiger partial charge in [-0.3, -0.25) is 4.79 Å². The highest BCUT2D eigenvalue weighted by molar-refractivity contribution is 5.76. The molecule has 15 heavy (non-hydrogen) atoms. The van der Waals surface area contributed by atoms with Crippen molar-refractivity contribution in [1.29, 1.82) is 0 Å². The number of nitrogens with zero attached hydrogens (tertiary/aromatic N) is 1. The van der Waals surface area contributed by atoms with E-state index in [2.05, 4.69) is 10.5 Å². The van der Waals surface area contributed by atoms with Crippen LogP contribution in [-0.4, -0.2) is 29.3 Å². The van der Waals surface area contributed by atoms with Crippen LogP contribution in [0.15, 0.2) is 4.52 Å². The molecule has 1 heterocycles. The fourth-order valence-electron chi connectivity index (χ4n) is 1.38. The van der Waals surface area contributed by atoms with E-state index in [9.17, 15) is 4.79 Å². The fraction of sp³-hybridized carbons (Fsp3) is 0.600. The van der Waals surface area contributed by atoms with E-state index in [1.807, 2.05) is 13.8 Å². The minimum atomic E-state index is -0.0657. The van der Waals surface area contributed by atoms with Gasteiger partial charge in [-0.15, -0.1) is 0 Å². The summed E-state index contributed by atoms with van der Waals surface area (Å²) >= 11 is 0. The quantitative estimate of drug-likeness (QED) is 0.737. The highest BCUT2D eigenvalue weighted by Gasteiger charge is 2.10. The average molecular weight is 212 g/mol. The number of hydrogen-bond acceptors (Lipinski definition) is 4. The van der Waals surface area contributed by atoms with E-state index in [1.165, 1.54) is 0 Å². The van der Waals surface area contributed by atoms with Crippen LogP contribution in [-0.2, 0) is 11.2 Å². The molecular formula is C10H16N2O3. The molecule has 1 amide bonds. The highest BCUT2D eigenvalue weighted by Crippen LogP contribution is 2.13. The minimum Gasteiger partial charge on any atom is -0.395 e. The molecule has 0 bridgehead atoms. The maximum Gasteiger partial charge on any atom is 0.220 e. The van der Waals surface area contributed by atoms with Crippen molar-refractivity contribution in [3.8, 4) is 0 Å². The van der Waals surface area contributed by atoms with Gasteiger partial charge < -0.3 is 14.9 Å². The van der Waals surface area contributed by atoms with Gasteiger partial charge in [-0.1, -0.05) is 5.16 Å². The Kier molecular flexibility index (Phi) is 4.30. The van der Waals surface area contributed by atoms with Crippen LogP contribution in [0.3, 0.4) is 0 Å². The maximum absolute atomic E-state index is 11.2. The van der Waals surface area contributed by atoms with E-state index in [0.717, 1.165) is 17.0 Å². The van der Waals surface area contributed by atoms with E-state index in [4.69, 9.17) is 9.63 Å². The summed E-state index contributed by atoms with van der Waals surface area (Å²) < 4.78 is 4.99. The summed E-state index contributed by atoms with van der Waals surface area (Å²) in [7, 11) is 0. The third kappa shape index (κ3) is 3.36. The van der Waals surface area contributed by atoms with Crippen molar-refractivity contribution in [2.24, 2.45) is 0 Å². The molecule has 0 unspecified atom stereocenters. The van der Waals surface area contributed by atoms with Gasteiger partial charge in [0.2, 0.25) is 5.91 Å². The molecule has 84 valence electrons. The summed E-state index contributed by atoms with van der Waals surface area (Å²) in [5.41, 5.74) is 1.83. The van der Waals surface area contributed by atoms with E-state index in [0.29, 0.717) is 19.4 Å². The first kappa shape index (κ1) is 11.7. The molecule has 0 aliphatic carbocycles. The van der Waals surface area contributed by atoms with Crippen molar-refractivity contribution in [2.75, 3.05) is 13.2 Å². The first-order chi connectivity index (χ1) is 7.15. The standard InChI is InChI=1S/C10H16N2O3/c1-7-9(8(2)15-12-7)3-4-10(14)11-5-6-13/h13H,3-6H2,1-2H3,(H,11,14). The van der Waals surface area contributed by atoms with Crippen LogP contribution in [0.1, 0.15) is 23.4 Å². The summed E-state index contributed by atoms with van der Waals surface area (Å²) in [6.45, 7) is 3.97. The predicted molar refractivity (Wildman–Crippen MR) is 54.4 cm³/mol. The summed E-state index contributed by atoms with van der Waals surface area (Å²) in [5.74, 6) is 0.700. The van der Waals surface area contributed by atoms with Crippen LogP contribution in [0.4, 0.5) is 0 Å². The van der Waals surface area contributed by atoms with E-state index in [-0.39, 0.29) is 12.5 Å². The zero-order chi connectivity index (χ0) is 11.3. The molecule has 0 aromatic carbocycles.